The number of hydrogen-bond acceptors (Lipinski definition) is 3. The van der Waals surface area contributed by atoms with Crippen LogP contribution in [-0.2, 0) is 0 Å². The fourth-order valence-electron chi connectivity index (χ4n) is 3.15. The van der Waals surface area contributed by atoms with Crippen LogP contribution in [0.3, 0.4) is 0 Å². The van der Waals surface area contributed by atoms with Crippen molar-refractivity contribution in [3.8, 4) is 5.82 Å². The molecule has 5 heteroatoms. The van der Waals surface area contributed by atoms with E-state index in [1.54, 1.807) is 6.20 Å². The van der Waals surface area contributed by atoms with Crippen LogP contribution in [0.5, 0.6) is 0 Å². The minimum Gasteiger partial charge on any atom is -0.396 e. The van der Waals surface area contributed by atoms with Crippen LogP contribution in [0, 0.1) is 19.8 Å². The third-order valence-electron chi connectivity index (χ3n) is 4.37. The van der Waals surface area contributed by atoms with Crippen molar-refractivity contribution in [3.63, 3.8) is 0 Å². The summed E-state index contributed by atoms with van der Waals surface area (Å²) in [5.74, 6) is 1.08. The number of aliphatic hydroxyl groups is 1. The molecule has 1 saturated heterocycles. The Hall–Kier alpha value is -2.14. The molecule has 1 atom stereocenters. The summed E-state index contributed by atoms with van der Waals surface area (Å²) in [6, 6.07) is 7.68. The van der Waals surface area contributed by atoms with Gasteiger partial charge in [-0.3, -0.25) is 4.79 Å². The quantitative estimate of drug-likeness (QED) is 0.942. The van der Waals surface area contributed by atoms with E-state index in [0.29, 0.717) is 6.54 Å². The lowest BCUT2D eigenvalue weighted by molar-refractivity contribution is 0.0781. The molecular formula is C17H21N3O2. The predicted molar refractivity (Wildman–Crippen MR) is 84.1 cm³/mol. The maximum absolute atomic E-state index is 12.7. The number of pyridine rings is 1. The Morgan fingerprint density at radius 2 is 2.23 bits per heavy atom. The number of aryl methyl sites for hydroxylation is 1. The summed E-state index contributed by atoms with van der Waals surface area (Å²) in [4.78, 5) is 18.9. The van der Waals surface area contributed by atoms with Gasteiger partial charge in [0, 0.05) is 43.2 Å². The summed E-state index contributed by atoms with van der Waals surface area (Å²) in [6.45, 7) is 5.45. The minimum atomic E-state index is 0.0474. The summed E-state index contributed by atoms with van der Waals surface area (Å²) in [6.07, 6.45) is 2.63. The fourth-order valence-corrected chi connectivity index (χ4v) is 3.15. The van der Waals surface area contributed by atoms with Gasteiger partial charge in [-0.15, -0.1) is 0 Å². The Labute approximate surface area is 130 Å². The lowest BCUT2D eigenvalue weighted by Crippen LogP contribution is -2.29. The highest BCUT2D eigenvalue weighted by Gasteiger charge is 2.28. The topological polar surface area (TPSA) is 58.4 Å². The number of aliphatic hydroxyl groups excluding tert-OH is 1. The number of likely N-dealkylation sites (tertiary alicyclic amines) is 1. The molecule has 3 heterocycles. The molecule has 1 unspecified atom stereocenters. The van der Waals surface area contributed by atoms with Crippen molar-refractivity contribution >= 4 is 5.91 Å². The Morgan fingerprint density at radius 3 is 2.86 bits per heavy atom. The number of hydrogen-bond donors (Lipinski definition) is 1. The third-order valence-corrected chi connectivity index (χ3v) is 4.37. The minimum absolute atomic E-state index is 0.0474. The lowest BCUT2D eigenvalue weighted by atomic mass is 10.1. The maximum Gasteiger partial charge on any atom is 0.255 e. The molecule has 1 fully saturated rings. The van der Waals surface area contributed by atoms with Crippen molar-refractivity contribution in [2.45, 2.75) is 20.3 Å². The molecule has 0 saturated carbocycles. The molecular weight excluding hydrogens is 278 g/mol. The molecule has 0 aromatic carbocycles. The highest BCUT2D eigenvalue weighted by atomic mass is 16.3. The number of carbonyl (C=O) groups is 1. The maximum atomic E-state index is 12.7. The van der Waals surface area contributed by atoms with Crippen LogP contribution in [0.4, 0.5) is 0 Å². The number of aromatic nitrogens is 2. The average molecular weight is 299 g/mol. The van der Waals surface area contributed by atoms with Gasteiger partial charge in [0.25, 0.3) is 5.91 Å². The second-order valence-electron chi connectivity index (χ2n) is 5.90. The van der Waals surface area contributed by atoms with E-state index in [4.69, 9.17) is 0 Å². The smallest absolute Gasteiger partial charge is 0.255 e. The summed E-state index contributed by atoms with van der Waals surface area (Å²) in [7, 11) is 0. The first kappa shape index (κ1) is 14.8. The van der Waals surface area contributed by atoms with Crippen LogP contribution in [-0.4, -0.2) is 45.2 Å². The number of amides is 1. The van der Waals surface area contributed by atoms with Crippen LogP contribution >= 0.6 is 0 Å². The first-order valence-corrected chi connectivity index (χ1v) is 7.62. The van der Waals surface area contributed by atoms with Crippen molar-refractivity contribution in [1.82, 2.24) is 14.5 Å². The van der Waals surface area contributed by atoms with Gasteiger partial charge in [-0.25, -0.2) is 4.98 Å². The van der Waals surface area contributed by atoms with Crippen LogP contribution in [0.25, 0.3) is 5.82 Å². The Bertz CT molecular complexity index is 679. The van der Waals surface area contributed by atoms with Crippen molar-refractivity contribution < 1.29 is 9.90 Å². The van der Waals surface area contributed by atoms with Gasteiger partial charge in [0.05, 0.1) is 5.56 Å². The van der Waals surface area contributed by atoms with Crippen LogP contribution in [0.15, 0.2) is 30.5 Å². The monoisotopic (exact) mass is 299 g/mol. The number of rotatable bonds is 3. The van der Waals surface area contributed by atoms with E-state index in [0.717, 1.165) is 35.7 Å². The van der Waals surface area contributed by atoms with Gasteiger partial charge in [0.15, 0.2) is 0 Å². The largest absolute Gasteiger partial charge is 0.396 e. The van der Waals surface area contributed by atoms with E-state index in [1.165, 1.54) is 0 Å². The summed E-state index contributed by atoms with van der Waals surface area (Å²) >= 11 is 0. The first-order chi connectivity index (χ1) is 10.6. The van der Waals surface area contributed by atoms with Crippen molar-refractivity contribution in [1.29, 1.82) is 0 Å². The highest BCUT2D eigenvalue weighted by molar-refractivity contribution is 5.96. The molecule has 1 aliphatic rings. The average Bonchev–Trinajstić information content (AvgIpc) is 3.12. The van der Waals surface area contributed by atoms with Gasteiger partial charge in [-0.05, 0) is 38.5 Å². The standard InChI is InChI=1S/C17H21N3O2/c1-12-9-15(17(22)19-8-6-14(10-19)11-21)13(2)20(12)16-5-3-4-7-18-16/h3-5,7,9,14,21H,6,8,10-11H2,1-2H3. The van der Waals surface area contributed by atoms with Gasteiger partial charge < -0.3 is 14.6 Å². The molecule has 2 aromatic rings. The second kappa shape index (κ2) is 5.93. The van der Waals surface area contributed by atoms with Crippen LogP contribution in [0.2, 0.25) is 0 Å². The molecule has 1 amide bonds. The first-order valence-electron chi connectivity index (χ1n) is 7.62. The molecule has 0 spiro atoms. The molecule has 2 aromatic heterocycles. The molecule has 0 radical (unpaired) electrons. The van der Waals surface area contributed by atoms with E-state index in [1.807, 2.05) is 47.6 Å². The van der Waals surface area contributed by atoms with Gasteiger partial charge in [0.2, 0.25) is 0 Å². The van der Waals surface area contributed by atoms with Crippen LogP contribution in [0.1, 0.15) is 28.2 Å². The summed E-state index contributed by atoms with van der Waals surface area (Å²) in [5, 5.41) is 9.24. The SMILES string of the molecule is Cc1cc(C(=O)N2CCC(CO)C2)c(C)n1-c1ccccn1. The second-order valence-corrected chi connectivity index (χ2v) is 5.90. The molecule has 116 valence electrons. The Kier molecular flexibility index (Phi) is 3.98. The lowest BCUT2D eigenvalue weighted by Gasteiger charge is -2.16. The number of carbonyl (C=O) groups excluding carboxylic acids is 1. The molecule has 1 aliphatic heterocycles. The Balaban J connectivity index is 1.91. The molecule has 1 N–H and O–H groups in total. The zero-order valence-electron chi connectivity index (χ0n) is 13.0. The van der Waals surface area contributed by atoms with E-state index in [-0.39, 0.29) is 18.4 Å². The Morgan fingerprint density at radius 1 is 1.41 bits per heavy atom. The van der Waals surface area contributed by atoms with Gasteiger partial charge in [0.1, 0.15) is 5.82 Å². The molecule has 22 heavy (non-hydrogen) atoms. The molecule has 0 aliphatic carbocycles. The zero-order chi connectivity index (χ0) is 15.7. The fraction of sp³-hybridized carbons (Fsp3) is 0.412. The van der Waals surface area contributed by atoms with Crippen molar-refractivity contribution in [2.75, 3.05) is 19.7 Å². The molecule has 0 bridgehead atoms. The summed E-state index contributed by atoms with van der Waals surface area (Å²) in [5.41, 5.74) is 2.63. The van der Waals surface area contributed by atoms with Gasteiger partial charge in [-0.2, -0.15) is 0 Å². The number of nitrogens with zero attached hydrogens (tertiary/aromatic N) is 3. The molecule has 5 nitrogen and oxygen atoms in total. The van der Waals surface area contributed by atoms with E-state index in [2.05, 4.69) is 4.98 Å². The van der Waals surface area contributed by atoms with E-state index >= 15 is 0 Å². The molecule has 3 rings (SSSR count). The predicted octanol–water partition coefficient (Wildman–Crippen LogP) is 1.94. The zero-order valence-corrected chi connectivity index (χ0v) is 13.0. The summed E-state index contributed by atoms with van der Waals surface area (Å²) < 4.78 is 2.01. The highest BCUT2D eigenvalue weighted by Crippen LogP contribution is 2.24. The van der Waals surface area contributed by atoms with E-state index < -0.39 is 0 Å². The van der Waals surface area contributed by atoms with E-state index in [9.17, 15) is 9.90 Å². The third kappa shape index (κ3) is 2.52. The van der Waals surface area contributed by atoms with Gasteiger partial charge in [-0.1, -0.05) is 6.07 Å². The van der Waals surface area contributed by atoms with Crippen molar-refractivity contribution in [2.24, 2.45) is 5.92 Å². The van der Waals surface area contributed by atoms with Crippen molar-refractivity contribution in [3.05, 3.63) is 47.4 Å². The normalized spacial score (nSPS) is 18.0. The van der Waals surface area contributed by atoms with Crippen LogP contribution < -0.4 is 0 Å². The van der Waals surface area contributed by atoms with Gasteiger partial charge >= 0.3 is 0 Å².